The molecular formula is C29H31ClO2. The zero-order valence-electron chi connectivity index (χ0n) is 18.7. The maximum atomic E-state index is 6.56. The van der Waals surface area contributed by atoms with E-state index in [-0.39, 0.29) is 0 Å². The van der Waals surface area contributed by atoms with Crippen LogP contribution in [0, 0.1) is 5.92 Å². The van der Waals surface area contributed by atoms with Gasteiger partial charge in [-0.25, -0.2) is 0 Å². The van der Waals surface area contributed by atoms with Gasteiger partial charge in [-0.1, -0.05) is 66.2 Å². The second-order valence-corrected chi connectivity index (χ2v) is 8.81. The SMILES string of the molecule is CCOc1ccc(Cc2cc(C3=CC(COCc4ccccc4)CCC3)ccc2Cl)cc1. The molecule has 0 bridgehead atoms. The lowest BCUT2D eigenvalue weighted by Crippen LogP contribution is -2.11. The molecule has 0 saturated carbocycles. The van der Waals surface area contributed by atoms with E-state index in [1.54, 1.807) is 0 Å². The number of ether oxygens (including phenoxy) is 2. The van der Waals surface area contributed by atoms with Crippen molar-refractivity contribution in [3.8, 4) is 5.75 Å². The third-order valence-electron chi connectivity index (χ3n) is 5.95. The molecular weight excluding hydrogens is 416 g/mol. The fourth-order valence-electron chi connectivity index (χ4n) is 4.28. The van der Waals surface area contributed by atoms with Gasteiger partial charge in [0.1, 0.15) is 5.75 Å². The van der Waals surface area contributed by atoms with Gasteiger partial charge in [0.25, 0.3) is 0 Å². The monoisotopic (exact) mass is 446 g/mol. The fourth-order valence-corrected chi connectivity index (χ4v) is 4.46. The van der Waals surface area contributed by atoms with Crippen molar-refractivity contribution in [2.24, 2.45) is 5.92 Å². The average molecular weight is 447 g/mol. The molecule has 1 unspecified atom stereocenters. The lowest BCUT2D eigenvalue weighted by atomic mass is 9.86. The van der Waals surface area contributed by atoms with Crippen molar-refractivity contribution in [2.45, 2.75) is 39.2 Å². The van der Waals surface area contributed by atoms with Crippen LogP contribution >= 0.6 is 11.6 Å². The molecule has 0 spiro atoms. The molecule has 4 rings (SSSR count). The molecule has 0 aromatic heterocycles. The van der Waals surface area contributed by atoms with E-state index in [1.165, 1.54) is 35.1 Å². The van der Waals surface area contributed by atoms with Gasteiger partial charge in [0.15, 0.2) is 0 Å². The molecule has 0 fully saturated rings. The number of hydrogen-bond donors (Lipinski definition) is 0. The summed E-state index contributed by atoms with van der Waals surface area (Å²) < 4.78 is 11.6. The third kappa shape index (κ3) is 6.25. The Balaban J connectivity index is 1.42. The summed E-state index contributed by atoms with van der Waals surface area (Å²) >= 11 is 6.56. The van der Waals surface area contributed by atoms with Gasteiger partial charge in [-0.3, -0.25) is 0 Å². The summed E-state index contributed by atoms with van der Waals surface area (Å²) in [6.45, 7) is 4.12. The van der Waals surface area contributed by atoms with Crippen molar-refractivity contribution < 1.29 is 9.47 Å². The third-order valence-corrected chi connectivity index (χ3v) is 6.32. The highest BCUT2D eigenvalue weighted by molar-refractivity contribution is 6.31. The largest absolute Gasteiger partial charge is 0.494 e. The number of rotatable bonds is 9. The minimum absolute atomic E-state index is 0.465. The van der Waals surface area contributed by atoms with Crippen molar-refractivity contribution in [2.75, 3.05) is 13.2 Å². The highest BCUT2D eigenvalue weighted by Crippen LogP contribution is 2.33. The average Bonchev–Trinajstić information content (AvgIpc) is 2.83. The number of allylic oxidation sites excluding steroid dienone is 1. The first kappa shape index (κ1) is 22.6. The molecule has 32 heavy (non-hydrogen) atoms. The van der Waals surface area contributed by atoms with Crippen molar-refractivity contribution in [3.05, 3.63) is 106 Å². The van der Waals surface area contributed by atoms with E-state index in [2.05, 4.69) is 54.6 Å². The molecule has 2 nitrogen and oxygen atoms in total. The summed E-state index contributed by atoms with van der Waals surface area (Å²) in [6, 6.07) is 25.1. The van der Waals surface area contributed by atoms with Gasteiger partial charge >= 0.3 is 0 Å². The van der Waals surface area contributed by atoms with Gasteiger partial charge in [-0.2, -0.15) is 0 Å². The summed E-state index contributed by atoms with van der Waals surface area (Å²) in [7, 11) is 0. The van der Waals surface area contributed by atoms with Gasteiger partial charge < -0.3 is 9.47 Å². The fraction of sp³-hybridized carbons (Fsp3) is 0.310. The van der Waals surface area contributed by atoms with Crippen molar-refractivity contribution in [1.82, 2.24) is 0 Å². The van der Waals surface area contributed by atoms with Gasteiger partial charge in [0, 0.05) is 10.9 Å². The number of hydrogen-bond acceptors (Lipinski definition) is 2. The molecule has 1 aliphatic carbocycles. The van der Waals surface area contributed by atoms with Crippen LogP contribution in [-0.4, -0.2) is 13.2 Å². The Morgan fingerprint density at radius 2 is 1.75 bits per heavy atom. The summed E-state index contributed by atoms with van der Waals surface area (Å²) in [4.78, 5) is 0. The van der Waals surface area contributed by atoms with E-state index in [0.29, 0.717) is 19.1 Å². The van der Waals surface area contributed by atoms with Gasteiger partial charge in [0.05, 0.1) is 19.8 Å². The molecule has 1 aliphatic rings. The topological polar surface area (TPSA) is 18.5 Å². The Morgan fingerprint density at radius 1 is 0.938 bits per heavy atom. The molecule has 3 heteroatoms. The standard InChI is InChI=1S/C29H31ClO2/c1-2-32-28-14-11-22(12-15-28)17-27-19-26(13-16-29(27)30)25-10-6-9-24(18-25)21-31-20-23-7-4-3-5-8-23/h3-5,7-8,11-16,18-19,24H,2,6,9-10,17,20-21H2,1H3. The van der Waals surface area contributed by atoms with E-state index < -0.39 is 0 Å². The Bertz CT molecular complexity index is 1020. The van der Waals surface area contributed by atoms with Crippen molar-refractivity contribution in [1.29, 1.82) is 0 Å². The smallest absolute Gasteiger partial charge is 0.119 e. The van der Waals surface area contributed by atoms with Gasteiger partial charge in [-0.15, -0.1) is 0 Å². The van der Waals surface area contributed by atoms with Crippen LogP contribution in [0.3, 0.4) is 0 Å². The lowest BCUT2D eigenvalue weighted by molar-refractivity contribution is 0.0959. The predicted molar refractivity (Wildman–Crippen MR) is 133 cm³/mol. The zero-order chi connectivity index (χ0) is 22.2. The normalized spacial score (nSPS) is 15.9. The molecule has 0 aliphatic heterocycles. The van der Waals surface area contributed by atoms with Crippen LogP contribution in [0.1, 0.15) is 48.4 Å². The Kier molecular flexibility index (Phi) is 8.03. The zero-order valence-corrected chi connectivity index (χ0v) is 19.5. The van der Waals surface area contributed by atoms with Crippen LogP contribution in [-0.2, 0) is 17.8 Å². The summed E-state index contributed by atoms with van der Waals surface area (Å²) in [5, 5.41) is 0.821. The highest BCUT2D eigenvalue weighted by atomic mass is 35.5. The molecule has 3 aromatic carbocycles. The maximum absolute atomic E-state index is 6.56. The number of halogens is 1. The molecule has 0 radical (unpaired) electrons. The minimum atomic E-state index is 0.465. The van der Waals surface area contributed by atoms with Crippen LogP contribution in [0.5, 0.6) is 5.75 Å². The molecule has 0 heterocycles. The summed E-state index contributed by atoms with van der Waals surface area (Å²) in [6.07, 6.45) is 6.72. The van der Waals surface area contributed by atoms with Crippen LogP contribution in [0.2, 0.25) is 5.02 Å². The van der Waals surface area contributed by atoms with E-state index in [4.69, 9.17) is 21.1 Å². The second-order valence-electron chi connectivity index (χ2n) is 8.40. The van der Waals surface area contributed by atoms with Crippen LogP contribution in [0.15, 0.2) is 78.9 Å². The Morgan fingerprint density at radius 3 is 2.53 bits per heavy atom. The highest BCUT2D eigenvalue weighted by Gasteiger charge is 2.16. The Hall–Kier alpha value is -2.55. The Labute approximate surface area is 196 Å². The molecule has 0 N–H and O–H groups in total. The summed E-state index contributed by atoms with van der Waals surface area (Å²) in [5.74, 6) is 1.37. The van der Waals surface area contributed by atoms with Gasteiger partial charge in [-0.05, 0) is 84.7 Å². The molecule has 3 aromatic rings. The molecule has 166 valence electrons. The van der Waals surface area contributed by atoms with Crippen molar-refractivity contribution >= 4 is 17.2 Å². The molecule has 1 atom stereocenters. The van der Waals surface area contributed by atoms with E-state index in [0.717, 1.165) is 35.8 Å². The second kappa shape index (κ2) is 11.4. The molecule has 0 saturated heterocycles. The lowest BCUT2D eigenvalue weighted by Gasteiger charge is -2.22. The van der Waals surface area contributed by atoms with E-state index >= 15 is 0 Å². The first-order valence-electron chi connectivity index (χ1n) is 11.5. The first-order chi connectivity index (χ1) is 15.7. The summed E-state index contributed by atoms with van der Waals surface area (Å²) in [5.41, 5.74) is 6.32. The molecule has 0 amide bonds. The number of benzene rings is 3. The minimum Gasteiger partial charge on any atom is -0.494 e. The van der Waals surface area contributed by atoms with Crippen LogP contribution < -0.4 is 4.74 Å². The predicted octanol–water partition coefficient (Wildman–Crippen LogP) is 7.73. The first-order valence-corrected chi connectivity index (χ1v) is 11.9. The van der Waals surface area contributed by atoms with Gasteiger partial charge in [0.2, 0.25) is 0 Å². The van der Waals surface area contributed by atoms with E-state index in [1.807, 2.05) is 31.2 Å². The van der Waals surface area contributed by atoms with E-state index in [9.17, 15) is 0 Å². The quantitative estimate of drug-likeness (QED) is 0.334. The van der Waals surface area contributed by atoms with Crippen LogP contribution in [0.4, 0.5) is 0 Å². The van der Waals surface area contributed by atoms with Crippen molar-refractivity contribution in [3.63, 3.8) is 0 Å². The maximum Gasteiger partial charge on any atom is 0.119 e. The van der Waals surface area contributed by atoms with Crippen LogP contribution in [0.25, 0.3) is 5.57 Å².